The van der Waals surface area contributed by atoms with Crippen LogP contribution in [-0.2, 0) is 14.3 Å². The number of carbonyl (C=O) groups excluding carboxylic acids is 2. The van der Waals surface area contributed by atoms with E-state index in [1.165, 1.54) is 19.3 Å². The van der Waals surface area contributed by atoms with Gasteiger partial charge in [0.05, 0.1) is 24.7 Å². The summed E-state index contributed by atoms with van der Waals surface area (Å²) in [5, 5.41) is 3.12. The monoisotopic (exact) mass is 353 g/mol. The molecular formula is C22H27NO3. The lowest BCUT2D eigenvalue weighted by Gasteiger charge is -2.32. The minimum atomic E-state index is -0.0508. The number of ether oxygens (including phenoxy) is 1. The van der Waals surface area contributed by atoms with E-state index in [0.717, 1.165) is 36.8 Å². The van der Waals surface area contributed by atoms with E-state index in [1.54, 1.807) is 0 Å². The third kappa shape index (κ3) is 3.61. The van der Waals surface area contributed by atoms with E-state index >= 15 is 0 Å². The number of hydrogen-bond acceptors (Lipinski definition) is 3. The van der Waals surface area contributed by atoms with Crippen LogP contribution in [0.25, 0.3) is 5.57 Å². The lowest BCUT2D eigenvalue weighted by Crippen LogP contribution is -2.37. The lowest BCUT2D eigenvalue weighted by atomic mass is 9.82. The molecule has 0 radical (unpaired) electrons. The van der Waals surface area contributed by atoms with Gasteiger partial charge >= 0.3 is 0 Å². The Morgan fingerprint density at radius 3 is 2.65 bits per heavy atom. The quantitative estimate of drug-likeness (QED) is 0.896. The second kappa shape index (κ2) is 7.36. The number of hydrogen-bond donors (Lipinski definition) is 1. The number of rotatable bonds is 4. The summed E-state index contributed by atoms with van der Waals surface area (Å²) in [5.41, 5.74) is 2.79. The molecule has 26 heavy (non-hydrogen) atoms. The largest absolute Gasteiger partial charge is 0.373 e. The van der Waals surface area contributed by atoms with Gasteiger partial charge in [-0.15, -0.1) is 0 Å². The Morgan fingerprint density at radius 2 is 1.88 bits per heavy atom. The molecule has 4 rings (SSSR count). The van der Waals surface area contributed by atoms with Crippen LogP contribution in [0.4, 0.5) is 0 Å². The van der Waals surface area contributed by atoms with Crippen molar-refractivity contribution in [3.05, 3.63) is 41.5 Å². The van der Waals surface area contributed by atoms with Gasteiger partial charge in [0.1, 0.15) is 0 Å². The van der Waals surface area contributed by atoms with Gasteiger partial charge in [-0.3, -0.25) is 9.59 Å². The Morgan fingerprint density at radius 1 is 1.12 bits per heavy atom. The van der Waals surface area contributed by atoms with Crippen molar-refractivity contribution < 1.29 is 14.3 Å². The SMILES string of the molecule is O=C(CC1=C(c2ccccc2)CCC1=O)N[C@H]1COC2(CCCCC2)C1. The second-order valence-corrected chi connectivity index (χ2v) is 7.95. The molecule has 2 aliphatic carbocycles. The van der Waals surface area contributed by atoms with E-state index < -0.39 is 0 Å². The Bertz CT molecular complexity index is 716. The zero-order chi connectivity index (χ0) is 18.0. The standard InChI is InChI=1S/C22H27NO3/c24-20-10-9-18(16-7-3-1-4-8-16)19(20)13-21(25)23-17-14-22(26-15-17)11-5-2-6-12-22/h1,3-4,7-8,17H,2,5-6,9-15H2,(H,23,25)/t17-/m1/s1. The van der Waals surface area contributed by atoms with Crippen molar-refractivity contribution in [2.75, 3.05) is 6.61 Å². The van der Waals surface area contributed by atoms with Crippen molar-refractivity contribution in [2.45, 2.75) is 69.4 Å². The first-order chi connectivity index (χ1) is 12.7. The number of amides is 1. The lowest BCUT2D eigenvalue weighted by molar-refractivity contribution is -0.123. The minimum absolute atomic E-state index is 0.00611. The first-order valence-electron chi connectivity index (χ1n) is 9.89. The summed E-state index contributed by atoms with van der Waals surface area (Å²) < 4.78 is 6.08. The van der Waals surface area contributed by atoms with E-state index in [1.807, 2.05) is 30.3 Å². The topological polar surface area (TPSA) is 55.4 Å². The number of benzene rings is 1. The molecule has 1 saturated carbocycles. The molecule has 4 heteroatoms. The molecule has 1 amide bonds. The van der Waals surface area contributed by atoms with E-state index in [2.05, 4.69) is 5.32 Å². The van der Waals surface area contributed by atoms with Crippen LogP contribution in [-0.4, -0.2) is 29.9 Å². The summed E-state index contributed by atoms with van der Waals surface area (Å²) in [6.45, 7) is 0.601. The molecule has 0 bridgehead atoms. The summed E-state index contributed by atoms with van der Waals surface area (Å²) >= 11 is 0. The molecule has 1 aromatic rings. The fourth-order valence-electron chi connectivity index (χ4n) is 4.79. The summed E-state index contributed by atoms with van der Waals surface area (Å²) in [6, 6.07) is 10.0. The van der Waals surface area contributed by atoms with Gasteiger partial charge in [0.2, 0.25) is 5.91 Å². The minimum Gasteiger partial charge on any atom is -0.373 e. The van der Waals surface area contributed by atoms with Gasteiger partial charge in [-0.25, -0.2) is 0 Å². The van der Waals surface area contributed by atoms with Crippen molar-refractivity contribution in [3.8, 4) is 0 Å². The van der Waals surface area contributed by atoms with Crippen LogP contribution in [0.15, 0.2) is 35.9 Å². The van der Waals surface area contributed by atoms with E-state index in [0.29, 0.717) is 18.6 Å². The predicted molar refractivity (Wildman–Crippen MR) is 101 cm³/mol. The van der Waals surface area contributed by atoms with Gasteiger partial charge < -0.3 is 10.1 Å². The highest BCUT2D eigenvalue weighted by Gasteiger charge is 2.41. The molecule has 1 spiro atoms. The van der Waals surface area contributed by atoms with Crippen LogP contribution in [0.2, 0.25) is 0 Å². The molecule has 138 valence electrons. The highest BCUT2D eigenvalue weighted by atomic mass is 16.5. The fraction of sp³-hybridized carbons (Fsp3) is 0.545. The maximum atomic E-state index is 12.6. The van der Waals surface area contributed by atoms with Crippen molar-refractivity contribution in [1.29, 1.82) is 0 Å². The highest BCUT2D eigenvalue weighted by Crippen LogP contribution is 2.39. The maximum Gasteiger partial charge on any atom is 0.224 e. The molecule has 3 aliphatic rings. The Hall–Kier alpha value is -1.94. The second-order valence-electron chi connectivity index (χ2n) is 7.95. The van der Waals surface area contributed by atoms with Crippen LogP contribution >= 0.6 is 0 Å². The number of allylic oxidation sites excluding steroid dienone is 1. The van der Waals surface area contributed by atoms with Gasteiger partial charge in [0.25, 0.3) is 0 Å². The first-order valence-corrected chi connectivity index (χ1v) is 9.89. The van der Waals surface area contributed by atoms with Crippen molar-refractivity contribution >= 4 is 17.3 Å². The van der Waals surface area contributed by atoms with Gasteiger partial charge in [0, 0.05) is 12.0 Å². The molecule has 1 heterocycles. The predicted octanol–water partition coefficient (Wildman–Crippen LogP) is 3.80. The number of ketones is 1. The van der Waals surface area contributed by atoms with E-state index in [9.17, 15) is 9.59 Å². The Balaban J connectivity index is 1.40. The third-order valence-electron chi connectivity index (χ3n) is 6.10. The molecule has 1 aliphatic heterocycles. The normalized spacial score (nSPS) is 25.1. The average molecular weight is 353 g/mol. The molecule has 4 nitrogen and oxygen atoms in total. The Kier molecular flexibility index (Phi) is 4.94. The van der Waals surface area contributed by atoms with Gasteiger partial charge in [0.15, 0.2) is 5.78 Å². The molecule has 1 N–H and O–H groups in total. The third-order valence-corrected chi connectivity index (χ3v) is 6.10. The van der Waals surface area contributed by atoms with Crippen molar-refractivity contribution in [2.24, 2.45) is 0 Å². The van der Waals surface area contributed by atoms with Crippen molar-refractivity contribution in [1.82, 2.24) is 5.32 Å². The van der Waals surface area contributed by atoms with Crippen LogP contribution in [0, 0.1) is 0 Å². The van der Waals surface area contributed by atoms with Crippen LogP contribution in [0.1, 0.15) is 63.4 Å². The van der Waals surface area contributed by atoms with E-state index in [-0.39, 0.29) is 29.8 Å². The summed E-state index contributed by atoms with van der Waals surface area (Å²) in [6.07, 6.45) is 8.32. The van der Waals surface area contributed by atoms with Gasteiger partial charge in [-0.2, -0.15) is 0 Å². The van der Waals surface area contributed by atoms with Gasteiger partial charge in [-0.05, 0) is 36.8 Å². The number of Topliss-reactive ketones (excluding diaryl/α,β-unsaturated/α-hetero) is 1. The van der Waals surface area contributed by atoms with Crippen LogP contribution in [0.3, 0.4) is 0 Å². The van der Waals surface area contributed by atoms with Crippen LogP contribution in [0.5, 0.6) is 0 Å². The molecule has 1 atom stereocenters. The molecule has 1 saturated heterocycles. The fourth-order valence-corrected chi connectivity index (χ4v) is 4.79. The van der Waals surface area contributed by atoms with Crippen LogP contribution < -0.4 is 5.32 Å². The summed E-state index contributed by atoms with van der Waals surface area (Å²) in [4.78, 5) is 24.9. The molecule has 0 unspecified atom stereocenters. The van der Waals surface area contributed by atoms with Crippen molar-refractivity contribution in [3.63, 3.8) is 0 Å². The zero-order valence-electron chi connectivity index (χ0n) is 15.3. The summed E-state index contributed by atoms with van der Waals surface area (Å²) in [7, 11) is 0. The first kappa shape index (κ1) is 17.5. The molecular weight excluding hydrogens is 326 g/mol. The smallest absolute Gasteiger partial charge is 0.224 e. The molecule has 0 aromatic heterocycles. The number of carbonyl (C=O) groups is 2. The van der Waals surface area contributed by atoms with E-state index in [4.69, 9.17) is 4.74 Å². The van der Waals surface area contributed by atoms with Gasteiger partial charge in [-0.1, -0.05) is 49.6 Å². The Labute approximate surface area is 155 Å². The highest BCUT2D eigenvalue weighted by molar-refractivity contribution is 6.10. The maximum absolute atomic E-state index is 12.6. The number of nitrogens with one attached hydrogen (secondary N) is 1. The summed E-state index contributed by atoms with van der Waals surface area (Å²) in [5.74, 6) is 0.0653. The average Bonchev–Trinajstić information content (AvgIpc) is 3.20. The molecule has 1 aromatic carbocycles. The zero-order valence-corrected chi connectivity index (χ0v) is 15.3. The molecule has 2 fully saturated rings.